The van der Waals surface area contributed by atoms with Crippen LogP contribution in [0.3, 0.4) is 0 Å². The number of hydrogen-bond acceptors (Lipinski definition) is 4. The van der Waals surface area contributed by atoms with Crippen LogP contribution in [0.4, 0.5) is 4.79 Å². The number of rotatable bonds is 4. The molecule has 0 saturated carbocycles. The molecule has 0 radical (unpaired) electrons. The van der Waals surface area contributed by atoms with Gasteiger partial charge in [0.05, 0.1) is 5.25 Å². The molecule has 2 atom stereocenters. The lowest BCUT2D eigenvalue weighted by Crippen LogP contribution is -2.42. The zero-order chi connectivity index (χ0) is 18.7. The summed E-state index contributed by atoms with van der Waals surface area (Å²) in [6.45, 7) is 6.75. The number of nitrogens with one attached hydrogen (secondary N) is 1. The monoisotopic (exact) mass is 380 g/mol. The molecule has 2 saturated heterocycles. The van der Waals surface area contributed by atoms with Crippen LogP contribution in [-0.4, -0.2) is 60.1 Å². The molecule has 144 valence electrons. The molecule has 2 aliphatic heterocycles. The minimum atomic E-state index is -3.34. The van der Waals surface area contributed by atoms with E-state index in [1.807, 2.05) is 12.1 Å². The second kappa shape index (κ2) is 7.92. The maximum Gasteiger partial charge on any atom is 0.317 e. The number of urea groups is 1. The van der Waals surface area contributed by atoms with Crippen LogP contribution < -0.4 is 5.32 Å². The molecule has 2 aliphatic rings. The zero-order valence-electron chi connectivity index (χ0n) is 15.5. The summed E-state index contributed by atoms with van der Waals surface area (Å²) >= 11 is 0. The first-order valence-corrected chi connectivity index (χ1v) is 10.8. The van der Waals surface area contributed by atoms with Crippen molar-refractivity contribution < 1.29 is 13.2 Å². The first-order valence-electron chi connectivity index (χ1n) is 9.28. The topological polar surface area (TPSA) is 82.6 Å². The molecule has 2 fully saturated rings. The number of nitrogens with zero attached hydrogens (tertiary/aromatic N) is 3. The van der Waals surface area contributed by atoms with Crippen molar-refractivity contribution in [1.82, 2.24) is 19.5 Å². The van der Waals surface area contributed by atoms with Gasteiger partial charge in [0.1, 0.15) is 0 Å². The Labute approximate surface area is 155 Å². The number of carbonyl (C=O) groups excluding carboxylic acids is 1. The third kappa shape index (κ3) is 4.17. The minimum Gasteiger partial charge on any atom is -0.338 e. The number of carbonyl (C=O) groups is 1. The Kier molecular flexibility index (Phi) is 5.82. The second-order valence-corrected chi connectivity index (χ2v) is 9.79. The van der Waals surface area contributed by atoms with Crippen molar-refractivity contribution in [3.63, 3.8) is 0 Å². The van der Waals surface area contributed by atoms with Gasteiger partial charge in [0.25, 0.3) is 0 Å². The lowest BCUT2D eigenvalue weighted by Gasteiger charge is -2.23. The number of sulfonamides is 1. The third-order valence-corrected chi connectivity index (χ3v) is 7.57. The van der Waals surface area contributed by atoms with Gasteiger partial charge >= 0.3 is 6.03 Å². The van der Waals surface area contributed by atoms with Crippen LogP contribution in [0.25, 0.3) is 0 Å². The van der Waals surface area contributed by atoms with E-state index >= 15 is 0 Å². The highest BCUT2D eigenvalue weighted by Gasteiger charge is 2.47. The van der Waals surface area contributed by atoms with Crippen LogP contribution in [0.5, 0.6) is 0 Å². The first-order chi connectivity index (χ1) is 12.4. The van der Waals surface area contributed by atoms with Gasteiger partial charge in [-0.3, -0.25) is 4.98 Å². The number of aromatic nitrogens is 1. The van der Waals surface area contributed by atoms with E-state index in [1.54, 1.807) is 21.6 Å². The van der Waals surface area contributed by atoms with Crippen molar-refractivity contribution in [3.05, 3.63) is 30.1 Å². The molecule has 3 rings (SSSR count). The summed E-state index contributed by atoms with van der Waals surface area (Å²) in [6.07, 6.45) is 4.63. The van der Waals surface area contributed by atoms with Gasteiger partial charge in [0, 0.05) is 45.1 Å². The van der Waals surface area contributed by atoms with E-state index in [4.69, 9.17) is 0 Å². The molecule has 3 heterocycles. The fourth-order valence-electron chi connectivity index (χ4n) is 3.75. The van der Waals surface area contributed by atoms with E-state index in [0.29, 0.717) is 45.1 Å². The summed E-state index contributed by atoms with van der Waals surface area (Å²) in [5.74, 6) is 0.478. The number of fused-ring (bicyclic) bond motifs is 1. The van der Waals surface area contributed by atoms with Crippen LogP contribution in [0, 0.1) is 11.8 Å². The Hall–Kier alpha value is -1.67. The van der Waals surface area contributed by atoms with E-state index < -0.39 is 10.0 Å². The quantitative estimate of drug-likeness (QED) is 0.861. The van der Waals surface area contributed by atoms with Crippen LogP contribution in [0.1, 0.15) is 32.3 Å². The van der Waals surface area contributed by atoms with E-state index in [-0.39, 0.29) is 17.2 Å². The van der Waals surface area contributed by atoms with Crippen molar-refractivity contribution >= 4 is 16.1 Å². The molecule has 0 aromatic carbocycles. The first kappa shape index (κ1) is 19.1. The molecule has 7 nitrogen and oxygen atoms in total. The van der Waals surface area contributed by atoms with Crippen molar-refractivity contribution in [2.45, 2.75) is 38.5 Å². The van der Waals surface area contributed by atoms with E-state index in [2.05, 4.69) is 24.1 Å². The summed E-state index contributed by atoms with van der Waals surface area (Å²) in [6, 6.07) is 3.64. The Morgan fingerprint density at radius 3 is 2.81 bits per heavy atom. The highest BCUT2D eigenvalue weighted by Crippen LogP contribution is 2.35. The highest BCUT2D eigenvalue weighted by atomic mass is 32.2. The van der Waals surface area contributed by atoms with Crippen molar-refractivity contribution in [2.75, 3.05) is 26.2 Å². The Balaban J connectivity index is 1.63. The summed E-state index contributed by atoms with van der Waals surface area (Å²) in [4.78, 5) is 18.1. The van der Waals surface area contributed by atoms with Gasteiger partial charge < -0.3 is 10.2 Å². The van der Waals surface area contributed by atoms with Gasteiger partial charge in [-0.05, 0) is 36.3 Å². The second-order valence-electron chi connectivity index (χ2n) is 7.64. The van der Waals surface area contributed by atoms with Crippen molar-refractivity contribution in [3.8, 4) is 0 Å². The normalized spacial score (nSPS) is 25.7. The van der Waals surface area contributed by atoms with Gasteiger partial charge in [-0.15, -0.1) is 0 Å². The van der Waals surface area contributed by atoms with Crippen LogP contribution in [0.2, 0.25) is 0 Å². The molecule has 0 spiro atoms. The van der Waals surface area contributed by atoms with Gasteiger partial charge in [0.2, 0.25) is 10.0 Å². The summed E-state index contributed by atoms with van der Waals surface area (Å²) in [7, 11) is -3.34. The molecular formula is C18H28N4O3S. The standard InChI is InChI=1S/C18H28N4O3S/c1-14(2)10-20-18(23)21-8-5-16-13-22(12-15-4-3-7-19-11-15)26(24,25)17(16)6-9-21/h3-4,7,11,14,16-17H,5-6,8-10,12-13H2,1-2H3,(H,20,23)/t16-,17-/m1/s1. The van der Waals surface area contributed by atoms with Crippen LogP contribution in [0.15, 0.2) is 24.5 Å². The summed E-state index contributed by atoms with van der Waals surface area (Å²) in [5, 5.41) is 2.54. The molecule has 0 aliphatic carbocycles. The smallest absolute Gasteiger partial charge is 0.317 e. The fourth-order valence-corrected chi connectivity index (χ4v) is 5.98. The largest absolute Gasteiger partial charge is 0.338 e. The molecule has 1 aromatic heterocycles. The lowest BCUT2D eigenvalue weighted by atomic mass is 10.0. The molecule has 2 amide bonds. The average molecular weight is 381 g/mol. The maximum atomic E-state index is 13.0. The average Bonchev–Trinajstić information content (AvgIpc) is 2.76. The van der Waals surface area contributed by atoms with Crippen molar-refractivity contribution in [2.24, 2.45) is 11.8 Å². The summed E-state index contributed by atoms with van der Waals surface area (Å²) in [5.41, 5.74) is 0.905. The maximum absolute atomic E-state index is 13.0. The number of amides is 2. The Bertz CT molecular complexity index is 723. The number of likely N-dealkylation sites (tertiary alicyclic amines) is 1. The van der Waals surface area contributed by atoms with Gasteiger partial charge in [-0.1, -0.05) is 19.9 Å². The van der Waals surface area contributed by atoms with Crippen LogP contribution >= 0.6 is 0 Å². The minimum absolute atomic E-state index is 0.0803. The Morgan fingerprint density at radius 1 is 1.35 bits per heavy atom. The van der Waals surface area contributed by atoms with Gasteiger partial charge in [-0.2, -0.15) is 4.31 Å². The van der Waals surface area contributed by atoms with E-state index in [9.17, 15) is 13.2 Å². The number of hydrogen-bond donors (Lipinski definition) is 1. The molecule has 0 bridgehead atoms. The molecule has 0 unspecified atom stereocenters. The lowest BCUT2D eigenvalue weighted by molar-refractivity contribution is 0.197. The van der Waals surface area contributed by atoms with Crippen LogP contribution in [-0.2, 0) is 16.6 Å². The zero-order valence-corrected chi connectivity index (χ0v) is 16.3. The SMILES string of the molecule is CC(C)CNC(=O)N1CC[C@@H]2CN(Cc3cccnc3)S(=O)(=O)[C@@H]2CC1. The third-order valence-electron chi connectivity index (χ3n) is 5.19. The van der Waals surface area contributed by atoms with Gasteiger partial charge in [-0.25, -0.2) is 13.2 Å². The predicted octanol–water partition coefficient (Wildman–Crippen LogP) is 1.67. The Morgan fingerprint density at radius 2 is 2.12 bits per heavy atom. The molecule has 1 N–H and O–H groups in total. The van der Waals surface area contributed by atoms with Crippen molar-refractivity contribution in [1.29, 1.82) is 0 Å². The van der Waals surface area contributed by atoms with Gasteiger partial charge in [0.15, 0.2) is 0 Å². The molecule has 26 heavy (non-hydrogen) atoms. The van der Waals surface area contributed by atoms with E-state index in [0.717, 1.165) is 12.0 Å². The highest BCUT2D eigenvalue weighted by molar-refractivity contribution is 7.90. The van der Waals surface area contributed by atoms with E-state index in [1.165, 1.54) is 0 Å². The molecular weight excluding hydrogens is 352 g/mol. The molecule has 8 heteroatoms. The fraction of sp³-hybridized carbons (Fsp3) is 0.667. The number of pyridine rings is 1. The summed E-state index contributed by atoms with van der Waals surface area (Å²) < 4.78 is 27.5. The predicted molar refractivity (Wildman–Crippen MR) is 99.9 cm³/mol. The molecule has 1 aromatic rings.